The lowest BCUT2D eigenvalue weighted by Gasteiger charge is -2.24. The molecule has 0 fully saturated rings. The topological polar surface area (TPSA) is 137 Å². The van der Waals surface area contributed by atoms with Crippen molar-refractivity contribution in [2.24, 2.45) is 0 Å². The first-order chi connectivity index (χ1) is 18.1. The lowest BCUT2D eigenvalue weighted by Crippen LogP contribution is -2.47. The fourth-order valence-corrected chi connectivity index (χ4v) is 4.19. The predicted octanol–water partition coefficient (Wildman–Crippen LogP) is 2.26. The monoisotopic (exact) mass is 529 g/mol. The van der Waals surface area contributed by atoms with Crippen LogP contribution in [0.1, 0.15) is 67.8 Å². The van der Waals surface area contributed by atoms with E-state index in [1.807, 2.05) is 6.07 Å². The van der Waals surface area contributed by atoms with Gasteiger partial charge in [0.05, 0.1) is 12.2 Å². The minimum absolute atomic E-state index is 0.153. The maximum absolute atomic E-state index is 12.7. The lowest BCUT2D eigenvalue weighted by molar-refractivity contribution is -0.135. The van der Waals surface area contributed by atoms with Crippen LogP contribution in [0.2, 0.25) is 0 Å². The van der Waals surface area contributed by atoms with Gasteiger partial charge in [-0.2, -0.15) is 0 Å². The summed E-state index contributed by atoms with van der Waals surface area (Å²) in [5.41, 5.74) is 1.14. The quantitative estimate of drug-likeness (QED) is 0.551. The highest BCUT2D eigenvalue weighted by molar-refractivity contribution is 5.95. The number of phenolic OH excluding ortho intramolecular Hbond substituents is 1. The molecule has 1 aliphatic rings. The second kappa shape index (κ2) is 13.8. The third kappa shape index (κ3) is 8.76. The zero-order valence-corrected chi connectivity index (χ0v) is 22.7. The number of benzene rings is 1. The van der Waals surface area contributed by atoms with Crippen molar-refractivity contribution in [3.8, 4) is 11.5 Å². The van der Waals surface area contributed by atoms with Gasteiger partial charge in [-0.25, -0.2) is 0 Å². The number of likely N-dealkylation sites (N-methyl/N-ethyl adjacent to an activating group) is 1. The summed E-state index contributed by atoms with van der Waals surface area (Å²) in [5, 5.41) is 19.7. The van der Waals surface area contributed by atoms with Crippen LogP contribution in [0.3, 0.4) is 0 Å². The molecule has 208 valence electrons. The first kappa shape index (κ1) is 29.0. The summed E-state index contributed by atoms with van der Waals surface area (Å²) < 4.78 is 11.0. The molecule has 0 radical (unpaired) electrons. The minimum atomic E-state index is -0.717. The van der Waals surface area contributed by atoms with Crippen LogP contribution in [-0.2, 0) is 16.1 Å². The van der Waals surface area contributed by atoms with Crippen molar-refractivity contribution in [3.05, 3.63) is 41.3 Å². The van der Waals surface area contributed by atoms with E-state index in [1.165, 1.54) is 18.2 Å². The van der Waals surface area contributed by atoms with Crippen LogP contribution in [0.5, 0.6) is 11.5 Å². The highest BCUT2D eigenvalue weighted by atomic mass is 16.5. The van der Waals surface area contributed by atoms with Gasteiger partial charge in [0.25, 0.3) is 11.8 Å². The summed E-state index contributed by atoms with van der Waals surface area (Å²) in [5.74, 6) is 0.0660. The van der Waals surface area contributed by atoms with Gasteiger partial charge in [-0.3, -0.25) is 19.3 Å². The minimum Gasteiger partial charge on any atom is -0.508 e. The van der Waals surface area contributed by atoms with Gasteiger partial charge in [-0.15, -0.1) is 0 Å². The fourth-order valence-electron chi connectivity index (χ4n) is 4.19. The molecule has 0 saturated carbocycles. The zero-order valence-electron chi connectivity index (χ0n) is 22.7. The van der Waals surface area contributed by atoms with E-state index in [2.05, 4.69) is 34.5 Å². The molecular formula is C27H39N5O6. The number of nitrogens with zero attached hydrogens (tertiary/aromatic N) is 3. The zero-order chi connectivity index (χ0) is 27.7. The Morgan fingerprint density at radius 2 is 1.82 bits per heavy atom. The SMILES string of the molecule is CC(C)c1cc(CN2CCCCN(C)C(=O)[C@H](C)NC(=O)COc3cc(O)cc(c3)C(=O)NCCC2)on1. The second-order valence-electron chi connectivity index (χ2n) is 10.0. The molecule has 3 N–H and O–H groups in total. The van der Waals surface area contributed by atoms with Crippen LogP contribution >= 0.6 is 0 Å². The van der Waals surface area contributed by atoms with Crippen LogP contribution in [0.15, 0.2) is 28.8 Å². The molecule has 3 amide bonds. The number of carbonyl (C=O) groups is 3. The molecule has 1 aromatic carbocycles. The largest absolute Gasteiger partial charge is 0.508 e. The van der Waals surface area contributed by atoms with E-state index in [1.54, 1.807) is 18.9 Å². The molecule has 0 spiro atoms. The summed E-state index contributed by atoms with van der Waals surface area (Å²) in [4.78, 5) is 41.6. The molecule has 38 heavy (non-hydrogen) atoms. The average molecular weight is 530 g/mol. The number of amides is 3. The summed E-state index contributed by atoms with van der Waals surface area (Å²) in [6.07, 6.45) is 2.36. The van der Waals surface area contributed by atoms with Crippen LogP contribution in [0.4, 0.5) is 0 Å². The van der Waals surface area contributed by atoms with Gasteiger partial charge in [-0.05, 0) is 50.8 Å². The number of carbonyl (C=O) groups excluding carboxylic acids is 3. The van der Waals surface area contributed by atoms with Crippen molar-refractivity contribution in [1.82, 2.24) is 25.6 Å². The number of aromatic hydroxyl groups is 1. The molecule has 11 heteroatoms. The van der Waals surface area contributed by atoms with E-state index >= 15 is 0 Å². The molecule has 3 rings (SSSR count). The van der Waals surface area contributed by atoms with Gasteiger partial charge in [0, 0.05) is 44.4 Å². The van der Waals surface area contributed by atoms with Crippen molar-refractivity contribution in [2.75, 3.05) is 39.8 Å². The van der Waals surface area contributed by atoms with Crippen molar-refractivity contribution >= 4 is 17.7 Å². The number of hydrogen-bond donors (Lipinski definition) is 3. The number of phenols is 1. The van der Waals surface area contributed by atoms with Crippen LogP contribution in [-0.4, -0.2) is 83.7 Å². The number of hydrogen-bond acceptors (Lipinski definition) is 8. The van der Waals surface area contributed by atoms with Gasteiger partial charge < -0.3 is 29.9 Å². The number of ether oxygens (including phenoxy) is 1. The molecular weight excluding hydrogens is 490 g/mol. The summed E-state index contributed by atoms with van der Waals surface area (Å²) in [6, 6.07) is 5.39. The molecule has 2 bridgehead atoms. The molecule has 1 aliphatic heterocycles. The molecule has 11 nitrogen and oxygen atoms in total. The molecule has 2 aromatic rings. The maximum atomic E-state index is 12.7. The first-order valence-electron chi connectivity index (χ1n) is 13.1. The maximum Gasteiger partial charge on any atom is 0.258 e. The normalized spacial score (nSPS) is 19.6. The summed E-state index contributed by atoms with van der Waals surface area (Å²) in [6.45, 7) is 8.51. The van der Waals surface area contributed by atoms with E-state index < -0.39 is 11.9 Å². The van der Waals surface area contributed by atoms with Gasteiger partial charge in [0.15, 0.2) is 12.4 Å². The van der Waals surface area contributed by atoms with E-state index in [9.17, 15) is 19.5 Å². The Morgan fingerprint density at radius 3 is 2.55 bits per heavy atom. The van der Waals surface area contributed by atoms with Crippen LogP contribution in [0.25, 0.3) is 0 Å². The third-order valence-corrected chi connectivity index (χ3v) is 6.35. The Hall–Kier alpha value is -3.60. The number of rotatable bonds is 3. The Kier molecular flexibility index (Phi) is 10.5. The van der Waals surface area contributed by atoms with Crippen molar-refractivity contribution in [2.45, 2.75) is 58.5 Å². The van der Waals surface area contributed by atoms with Gasteiger partial charge in [-0.1, -0.05) is 19.0 Å². The molecule has 0 saturated heterocycles. The number of fused-ring (bicyclic) bond motifs is 2. The second-order valence-corrected chi connectivity index (χ2v) is 10.0. The Labute approximate surface area is 223 Å². The third-order valence-electron chi connectivity index (χ3n) is 6.35. The molecule has 1 aromatic heterocycles. The fraction of sp³-hybridized carbons (Fsp3) is 0.556. The predicted molar refractivity (Wildman–Crippen MR) is 141 cm³/mol. The van der Waals surface area contributed by atoms with E-state index in [0.717, 1.165) is 37.4 Å². The number of aromatic nitrogens is 1. The Balaban J connectivity index is 1.71. The van der Waals surface area contributed by atoms with Crippen LogP contribution in [0, 0.1) is 0 Å². The van der Waals surface area contributed by atoms with E-state index in [0.29, 0.717) is 26.1 Å². The van der Waals surface area contributed by atoms with Crippen LogP contribution < -0.4 is 15.4 Å². The molecule has 0 unspecified atom stereocenters. The smallest absolute Gasteiger partial charge is 0.258 e. The Bertz CT molecular complexity index is 1100. The highest BCUT2D eigenvalue weighted by Gasteiger charge is 2.20. The van der Waals surface area contributed by atoms with Gasteiger partial charge in [0.2, 0.25) is 5.91 Å². The lowest BCUT2D eigenvalue weighted by atomic mass is 10.1. The molecule has 2 heterocycles. The van der Waals surface area contributed by atoms with Crippen molar-refractivity contribution in [1.29, 1.82) is 0 Å². The van der Waals surface area contributed by atoms with E-state index in [4.69, 9.17) is 9.26 Å². The van der Waals surface area contributed by atoms with E-state index in [-0.39, 0.29) is 41.4 Å². The van der Waals surface area contributed by atoms with Crippen molar-refractivity contribution < 1.29 is 28.8 Å². The average Bonchev–Trinajstić information content (AvgIpc) is 3.35. The first-order valence-corrected chi connectivity index (χ1v) is 13.1. The summed E-state index contributed by atoms with van der Waals surface area (Å²) in [7, 11) is 1.73. The summed E-state index contributed by atoms with van der Waals surface area (Å²) >= 11 is 0. The molecule has 0 aliphatic carbocycles. The van der Waals surface area contributed by atoms with Crippen molar-refractivity contribution in [3.63, 3.8) is 0 Å². The van der Waals surface area contributed by atoms with Gasteiger partial charge >= 0.3 is 0 Å². The molecule has 1 atom stereocenters. The highest BCUT2D eigenvalue weighted by Crippen LogP contribution is 2.22. The van der Waals surface area contributed by atoms with Gasteiger partial charge in [0.1, 0.15) is 17.5 Å². The number of nitrogens with one attached hydrogen (secondary N) is 2. The standard InChI is InChI=1S/C27H39N5O6/c1-18(2)24-15-23(38-30-24)16-32-10-6-5-9-31(4)27(36)19(3)29-25(34)17-37-22-13-20(12-21(33)14-22)26(35)28-8-7-11-32/h12-15,18-19,33H,5-11,16-17H2,1-4H3,(H,28,35)(H,29,34)/t19-/m0/s1. The Morgan fingerprint density at radius 1 is 1.08 bits per heavy atom.